The van der Waals surface area contributed by atoms with Gasteiger partial charge in [-0.2, -0.15) is 0 Å². The van der Waals surface area contributed by atoms with Crippen LogP contribution in [0.1, 0.15) is 32.1 Å². The van der Waals surface area contributed by atoms with Gasteiger partial charge in [0.05, 0.1) is 25.0 Å². The molecule has 2 atom stereocenters. The highest BCUT2D eigenvalue weighted by atomic mass is 16.5. The first kappa shape index (κ1) is 10.1. The number of esters is 2. The predicted octanol–water partition coefficient (Wildman–Crippen LogP) is 1.28. The molecule has 0 saturated heterocycles. The van der Waals surface area contributed by atoms with Gasteiger partial charge in [-0.25, -0.2) is 0 Å². The summed E-state index contributed by atoms with van der Waals surface area (Å²) >= 11 is 0. The van der Waals surface area contributed by atoms with Gasteiger partial charge >= 0.3 is 11.9 Å². The highest BCUT2D eigenvalue weighted by Gasteiger charge is 2.93. The lowest BCUT2D eigenvalue weighted by Crippen LogP contribution is -2.30. The molecule has 4 heteroatoms. The van der Waals surface area contributed by atoms with Crippen molar-refractivity contribution in [1.82, 2.24) is 0 Å². The lowest BCUT2D eigenvalue weighted by molar-refractivity contribution is -0.153. The van der Waals surface area contributed by atoms with Crippen molar-refractivity contribution in [3.63, 3.8) is 0 Å². The zero-order valence-corrected chi connectivity index (χ0v) is 9.67. The number of rotatable bonds is 2. The summed E-state index contributed by atoms with van der Waals surface area (Å²) in [5.74, 6) is -0.254. The molecule has 16 heavy (non-hydrogen) atoms. The molecule has 0 aromatic heterocycles. The quantitative estimate of drug-likeness (QED) is 0.663. The fourth-order valence-corrected chi connectivity index (χ4v) is 4.28. The van der Waals surface area contributed by atoms with Crippen LogP contribution < -0.4 is 0 Å². The van der Waals surface area contributed by atoms with E-state index in [9.17, 15) is 9.59 Å². The molecule has 0 heterocycles. The standard InChI is InChI=1S/C12H16O4/c1-15-8(13)10-4-3-5-11(9(14)16-2)7-12(10,11)6-10/h3-7H2,1-2H3. The molecule has 0 bridgehead atoms. The van der Waals surface area contributed by atoms with Gasteiger partial charge < -0.3 is 9.47 Å². The van der Waals surface area contributed by atoms with Gasteiger partial charge in [0, 0.05) is 5.41 Å². The molecular weight excluding hydrogens is 208 g/mol. The van der Waals surface area contributed by atoms with Crippen molar-refractivity contribution in [3.8, 4) is 0 Å². The number of carbonyl (C=O) groups excluding carboxylic acids is 2. The van der Waals surface area contributed by atoms with E-state index in [1.165, 1.54) is 14.2 Å². The number of hydrogen-bond acceptors (Lipinski definition) is 4. The molecule has 3 fully saturated rings. The first-order valence-corrected chi connectivity index (χ1v) is 5.75. The average Bonchev–Trinajstić information content (AvgIpc) is 3.14. The normalized spacial score (nSPS) is 47.4. The van der Waals surface area contributed by atoms with Gasteiger partial charge in [0.1, 0.15) is 0 Å². The Hall–Kier alpha value is -1.06. The van der Waals surface area contributed by atoms with Crippen LogP contribution >= 0.6 is 0 Å². The maximum Gasteiger partial charge on any atom is 0.312 e. The van der Waals surface area contributed by atoms with E-state index in [2.05, 4.69) is 0 Å². The van der Waals surface area contributed by atoms with Crippen LogP contribution in [-0.2, 0) is 19.1 Å². The molecule has 0 radical (unpaired) electrons. The van der Waals surface area contributed by atoms with E-state index in [0.29, 0.717) is 0 Å². The van der Waals surface area contributed by atoms with Gasteiger partial charge in [0.15, 0.2) is 0 Å². The molecule has 1 spiro atoms. The fourth-order valence-electron chi connectivity index (χ4n) is 4.28. The first-order chi connectivity index (χ1) is 7.58. The van der Waals surface area contributed by atoms with Crippen molar-refractivity contribution in [1.29, 1.82) is 0 Å². The van der Waals surface area contributed by atoms with Crippen LogP contribution in [-0.4, -0.2) is 26.2 Å². The highest BCUT2D eigenvalue weighted by Crippen LogP contribution is 2.92. The average molecular weight is 224 g/mol. The molecule has 3 saturated carbocycles. The van der Waals surface area contributed by atoms with Crippen LogP contribution in [0.4, 0.5) is 0 Å². The van der Waals surface area contributed by atoms with Crippen LogP contribution in [0, 0.1) is 16.2 Å². The zero-order chi connectivity index (χ0) is 11.6. The Balaban J connectivity index is 1.92. The molecule has 3 aliphatic rings. The van der Waals surface area contributed by atoms with Gasteiger partial charge in [0.25, 0.3) is 0 Å². The predicted molar refractivity (Wildman–Crippen MR) is 54.4 cm³/mol. The number of ether oxygens (including phenoxy) is 2. The molecule has 0 aliphatic heterocycles. The highest BCUT2D eigenvalue weighted by molar-refractivity contribution is 5.92. The maximum absolute atomic E-state index is 11.8. The van der Waals surface area contributed by atoms with Crippen LogP contribution in [0.25, 0.3) is 0 Å². The summed E-state index contributed by atoms with van der Waals surface area (Å²) in [4.78, 5) is 23.7. The second-order valence-corrected chi connectivity index (χ2v) is 5.44. The summed E-state index contributed by atoms with van der Waals surface area (Å²) in [6, 6.07) is 0. The Bertz CT molecular complexity index is 352. The van der Waals surface area contributed by atoms with E-state index < -0.39 is 0 Å². The van der Waals surface area contributed by atoms with Crippen LogP contribution in [0.2, 0.25) is 0 Å². The van der Waals surface area contributed by atoms with Gasteiger partial charge in [-0.05, 0) is 25.7 Å². The topological polar surface area (TPSA) is 52.6 Å². The lowest BCUT2D eigenvalue weighted by Gasteiger charge is -2.24. The smallest absolute Gasteiger partial charge is 0.312 e. The second kappa shape index (κ2) is 2.60. The van der Waals surface area contributed by atoms with Gasteiger partial charge in [-0.15, -0.1) is 0 Å². The molecule has 4 nitrogen and oxygen atoms in total. The lowest BCUT2D eigenvalue weighted by atomic mass is 9.81. The van der Waals surface area contributed by atoms with Crippen LogP contribution in [0.3, 0.4) is 0 Å². The Morgan fingerprint density at radius 2 is 1.38 bits per heavy atom. The van der Waals surface area contributed by atoms with Crippen molar-refractivity contribution >= 4 is 11.9 Å². The SMILES string of the molecule is COC(=O)C12CCCC3(C(=O)OC)CC13C2. The molecule has 2 unspecified atom stereocenters. The molecule has 3 aliphatic carbocycles. The van der Waals surface area contributed by atoms with Crippen LogP contribution in [0.5, 0.6) is 0 Å². The van der Waals surface area contributed by atoms with Crippen molar-refractivity contribution in [2.75, 3.05) is 14.2 Å². The number of methoxy groups -OCH3 is 2. The van der Waals surface area contributed by atoms with Gasteiger partial charge in [-0.3, -0.25) is 9.59 Å². The second-order valence-electron chi connectivity index (χ2n) is 5.44. The largest absolute Gasteiger partial charge is 0.469 e. The van der Waals surface area contributed by atoms with Gasteiger partial charge in [-0.1, -0.05) is 6.42 Å². The van der Waals surface area contributed by atoms with Gasteiger partial charge in [0.2, 0.25) is 0 Å². The third-order valence-electron chi connectivity index (χ3n) is 5.15. The molecule has 0 N–H and O–H groups in total. The summed E-state index contributed by atoms with van der Waals surface area (Å²) in [7, 11) is 2.86. The number of hydrogen-bond donors (Lipinski definition) is 0. The third kappa shape index (κ3) is 0.770. The summed E-state index contributed by atoms with van der Waals surface area (Å²) in [5.41, 5.74) is -0.805. The monoisotopic (exact) mass is 224 g/mol. The Morgan fingerprint density at radius 3 is 1.75 bits per heavy atom. The minimum Gasteiger partial charge on any atom is -0.469 e. The molecule has 3 rings (SSSR count). The third-order valence-corrected chi connectivity index (χ3v) is 5.15. The summed E-state index contributed by atoms with van der Waals surface area (Å²) in [6.07, 6.45) is 4.31. The maximum atomic E-state index is 11.8. The van der Waals surface area contributed by atoms with Crippen molar-refractivity contribution in [3.05, 3.63) is 0 Å². The fraction of sp³-hybridized carbons (Fsp3) is 0.833. The number of carbonyl (C=O) groups is 2. The van der Waals surface area contributed by atoms with Crippen molar-refractivity contribution < 1.29 is 19.1 Å². The minimum atomic E-state index is -0.353. The summed E-state index contributed by atoms with van der Waals surface area (Å²) < 4.78 is 9.79. The van der Waals surface area contributed by atoms with Crippen molar-refractivity contribution in [2.45, 2.75) is 32.1 Å². The summed E-state index contributed by atoms with van der Waals surface area (Å²) in [6.45, 7) is 0. The Kier molecular flexibility index (Phi) is 1.65. The molecule has 0 aromatic carbocycles. The van der Waals surface area contributed by atoms with E-state index in [1.807, 2.05) is 0 Å². The van der Waals surface area contributed by atoms with Crippen molar-refractivity contribution in [2.24, 2.45) is 16.2 Å². The molecule has 0 amide bonds. The molecule has 88 valence electrons. The van der Waals surface area contributed by atoms with E-state index in [4.69, 9.17) is 9.47 Å². The minimum absolute atomic E-state index is 0.0988. The molecular formula is C12H16O4. The van der Waals surface area contributed by atoms with E-state index in [-0.39, 0.29) is 28.2 Å². The van der Waals surface area contributed by atoms with E-state index >= 15 is 0 Å². The van der Waals surface area contributed by atoms with E-state index in [1.54, 1.807) is 0 Å². The van der Waals surface area contributed by atoms with E-state index in [0.717, 1.165) is 32.1 Å². The molecule has 0 aromatic rings. The summed E-state index contributed by atoms with van der Waals surface area (Å²) in [5, 5.41) is 0. The zero-order valence-electron chi connectivity index (χ0n) is 9.67. The Morgan fingerprint density at radius 1 is 0.938 bits per heavy atom. The van der Waals surface area contributed by atoms with Crippen LogP contribution in [0.15, 0.2) is 0 Å². The Labute approximate surface area is 94.3 Å². The first-order valence-electron chi connectivity index (χ1n) is 5.75.